The van der Waals surface area contributed by atoms with Gasteiger partial charge in [-0.25, -0.2) is 4.98 Å². The van der Waals surface area contributed by atoms with Gasteiger partial charge in [-0.2, -0.15) is 0 Å². The molecule has 0 aliphatic heterocycles. The first-order valence-electron chi connectivity index (χ1n) is 7.06. The first-order valence-corrected chi connectivity index (χ1v) is 7.88. The number of aryl methyl sites for hydroxylation is 1. The van der Waals surface area contributed by atoms with Gasteiger partial charge in [-0.15, -0.1) is 0 Å². The van der Waals surface area contributed by atoms with E-state index in [0.29, 0.717) is 21.1 Å². The van der Waals surface area contributed by atoms with Crippen molar-refractivity contribution in [3.63, 3.8) is 0 Å². The molecule has 1 heterocycles. The molecule has 2 aromatic carbocycles. The number of non-ortho nitro benzene ring substituents is 1. The van der Waals surface area contributed by atoms with E-state index in [1.54, 1.807) is 12.1 Å². The number of ether oxygens (including phenoxy) is 1. The molecule has 0 unspecified atom stereocenters. The lowest BCUT2D eigenvalue weighted by Crippen LogP contribution is -2.20. The Bertz CT molecular complexity index is 923. The van der Waals surface area contributed by atoms with Gasteiger partial charge in [-0.3, -0.25) is 20.2 Å². The van der Waals surface area contributed by atoms with Gasteiger partial charge >= 0.3 is 0 Å². The topological polar surface area (TPSA) is 94.4 Å². The second kappa shape index (κ2) is 6.63. The molecular weight excluding hydrogens is 330 g/mol. The monoisotopic (exact) mass is 343 g/mol. The number of nitrogens with zero attached hydrogens (tertiary/aromatic N) is 2. The maximum Gasteiger partial charge on any atom is 0.270 e. The molecule has 0 spiro atoms. The van der Waals surface area contributed by atoms with E-state index in [9.17, 15) is 14.9 Å². The summed E-state index contributed by atoms with van der Waals surface area (Å²) >= 11 is 1.18. The molecule has 0 radical (unpaired) electrons. The Balaban J connectivity index is 1.67. The predicted octanol–water partition coefficient (Wildman–Crippen LogP) is 3.53. The van der Waals surface area contributed by atoms with E-state index >= 15 is 0 Å². The number of benzene rings is 2. The number of fused-ring (bicyclic) bond motifs is 1. The lowest BCUT2D eigenvalue weighted by Gasteiger charge is -2.07. The van der Waals surface area contributed by atoms with E-state index in [-0.39, 0.29) is 18.2 Å². The van der Waals surface area contributed by atoms with E-state index in [1.165, 1.54) is 23.5 Å². The van der Waals surface area contributed by atoms with Gasteiger partial charge in [0.15, 0.2) is 11.7 Å². The van der Waals surface area contributed by atoms with Crippen LogP contribution in [0.1, 0.15) is 5.56 Å². The smallest absolute Gasteiger partial charge is 0.270 e. The van der Waals surface area contributed by atoms with E-state index in [4.69, 9.17) is 4.74 Å². The van der Waals surface area contributed by atoms with Gasteiger partial charge in [0.2, 0.25) is 0 Å². The van der Waals surface area contributed by atoms with Crippen LogP contribution >= 0.6 is 11.3 Å². The summed E-state index contributed by atoms with van der Waals surface area (Å²) in [6, 6.07) is 11.8. The van der Waals surface area contributed by atoms with Gasteiger partial charge in [-0.05, 0) is 24.6 Å². The van der Waals surface area contributed by atoms with Gasteiger partial charge in [-0.1, -0.05) is 29.5 Å². The van der Waals surface area contributed by atoms with E-state index in [0.717, 1.165) is 5.56 Å². The molecule has 0 saturated heterocycles. The second-order valence-electron chi connectivity index (χ2n) is 5.03. The Morgan fingerprint density at radius 1 is 1.33 bits per heavy atom. The van der Waals surface area contributed by atoms with Crippen molar-refractivity contribution in [2.45, 2.75) is 6.92 Å². The van der Waals surface area contributed by atoms with E-state index in [1.807, 2.05) is 25.1 Å². The first-order chi connectivity index (χ1) is 11.5. The van der Waals surface area contributed by atoms with Crippen LogP contribution in [0.15, 0.2) is 42.5 Å². The van der Waals surface area contributed by atoms with E-state index in [2.05, 4.69) is 10.3 Å². The van der Waals surface area contributed by atoms with E-state index < -0.39 is 4.92 Å². The number of rotatable bonds is 5. The molecule has 0 bridgehead atoms. The van der Waals surface area contributed by atoms with Crippen LogP contribution in [0.5, 0.6) is 5.75 Å². The molecule has 1 N–H and O–H groups in total. The molecule has 0 aliphatic carbocycles. The highest BCUT2D eigenvalue weighted by Crippen LogP contribution is 2.29. The Morgan fingerprint density at radius 2 is 2.12 bits per heavy atom. The molecule has 3 rings (SSSR count). The van der Waals surface area contributed by atoms with Crippen LogP contribution < -0.4 is 10.1 Å². The fraction of sp³-hybridized carbons (Fsp3) is 0.125. The molecule has 0 saturated carbocycles. The third-order valence-corrected chi connectivity index (χ3v) is 4.22. The fourth-order valence-electron chi connectivity index (χ4n) is 2.10. The van der Waals surface area contributed by atoms with Crippen molar-refractivity contribution in [1.82, 2.24) is 4.98 Å². The summed E-state index contributed by atoms with van der Waals surface area (Å²) in [7, 11) is 0. The molecular formula is C16H13N3O4S. The zero-order valence-electron chi connectivity index (χ0n) is 12.7. The number of hydrogen-bond donors (Lipinski definition) is 1. The van der Waals surface area contributed by atoms with Crippen LogP contribution in [-0.4, -0.2) is 22.4 Å². The summed E-state index contributed by atoms with van der Waals surface area (Å²) in [5.74, 6) is 0.305. The van der Waals surface area contributed by atoms with Crippen molar-refractivity contribution >= 4 is 38.3 Å². The number of thiazole rings is 1. The highest BCUT2D eigenvalue weighted by atomic mass is 32.1. The summed E-state index contributed by atoms with van der Waals surface area (Å²) < 4.78 is 6.11. The number of carbonyl (C=O) groups excluding carboxylic acids is 1. The predicted molar refractivity (Wildman–Crippen MR) is 91.6 cm³/mol. The average molecular weight is 343 g/mol. The molecule has 8 heteroatoms. The minimum absolute atomic E-state index is 0.00749. The number of aromatic nitrogens is 1. The van der Waals surface area contributed by atoms with Gasteiger partial charge in [0.25, 0.3) is 11.6 Å². The van der Waals surface area contributed by atoms with Gasteiger partial charge in [0.05, 0.1) is 15.1 Å². The Hall–Kier alpha value is -3.00. The van der Waals surface area contributed by atoms with Gasteiger partial charge < -0.3 is 4.74 Å². The van der Waals surface area contributed by atoms with Crippen LogP contribution in [0, 0.1) is 17.0 Å². The van der Waals surface area contributed by atoms with Crippen LogP contribution in [-0.2, 0) is 4.79 Å². The van der Waals surface area contributed by atoms with Gasteiger partial charge in [0, 0.05) is 12.1 Å². The fourth-order valence-corrected chi connectivity index (χ4v) is 3.01. The van der Waals surface area contributed by atoms with Crippen LogP contribution in [0.25, 0.3) is 10.2 Å². The number of para-hydroxylation sites is 1. The number of nitro groups is 1. The standard InChI is InChI=1S/C16H13N3O4S/c1-10-4-2-3-5-13(10)23-9-15(20)18-16-17-12-7-6-11(19(21)22)8-14(12)24-16/h2-8H,9H2,1H3,(H,17,18,20). The number of nitro benzene ring substituents is 1. The quantitative estimate of drug-likeness (QED) is 0.565. The zero-order chi connectivity index (χ0) is 17.1. The third kappa shape index (κ3) is 3.49. The maximum absolute atomic E-state index is 12.0. The first kappa shape index (κ1) is 15.9. The lowest BCUT2D eigenvalue weighted by atomic mass is 10.2. The highest BCUT2D eigenvalue weighted by molar-refractivity contribution is 7.22. The largest absolute Gasteiger partial charge is 0.483 e. The summed E-state index contributed by atoms with van der Waals surface area (Å²) in [6.07, 6.45) is 0. The number of amides is 1. The van der Waals surface area contributed by atoms with Gasteiger partial charge in [0.1, 0.15) is 5.75 Å². The molecule has 1 amide bonds. The van der Waals surface area contributed by atoms with Crippen molar-refractivity contribution < 1.29 is 14.5 Å². The van der Waals surface area contributed by atoms with Crippen LogP contribution in [0.2, 0.25) is 0 Å². The second-order valence-corrected chi connectivity index (χ2v) is 6.06. The van der Waals surface area contributed by atoms with Crippen molar-refractivity contribution in [3.8, 4) is 5.75 Å². The summed E-state index contributed by atoms with van der Waals surface area (Å²) in [5.41, 5.74) is 1.53. The summed E-state index contributed by atoms with van der Waals surface area (Å²) in [6.45, 7) is 1.76. The van der Waals surface area contributed by atoms with Crippen molar-refractivity contribution in [2.24, 2.45) is 0 Å². The number of nitrogens with one attached hydrogen (secondary N) is 1. The van der Waals surface area contributed by atoms with Crippen LogP contribution in [0.4, 0.5) is 10.8 Å². The third-order valence-electron chi connectivity index (χ3n) is 3.28. The molecule has 0 fully saturated rings. The minimum atomic E-state index is -0.465. The molecule has 3 aromatic rings. The summed E-state index contributed by atoms with van der Waals surface area (Å²) in [5, 5.41) is 13.8. The van der Waals surface area contributed by atoms with Crippen molar-refractivity contribution in [3.05, 3.63) is 58.1 Å². The molecule has 122 valence electrons. The number of hydrogen-bond acceptors (Lipinski definition) is 6. The van der Waals surface area contributed by atoms with Crippen LogP contribution in [0.3, 0.4) is 0 Å². The Kier molecular flexibility index (Phi) is 4.39. The Labute approximate surface area is 141 Å². The molecule has 0 atom stereocenters. The highest BCUT2D eigenvalue weighted by Gasteiger charge is 2.12. The molecule has 0 aliphatic rings. The SMILES string of the molecule is Cc1ccccc1OCC(=O)Nc1nc2ccc([N+](=O)[O-])cc2s1. The van der Waals surface area contributed by atoms with Crippen molar-refractivity contribution in [2.75, 3.05) is 11.9 Å². The molecule has 7 nitrogen and oxygen atoms in total. The summed E-state index contributed by atoms with van der Waals surface area (Å²) in [4.78, 5) is 26.5. The number of anilines is 1. The maximum atomic E-state index is 12.0. The molecule has 1 aromatic heterocycles. The minimum Gasteiger partial charge on any atom is -0.483 e. The van der Waals surface area contributed by atoms with Crippen molar-refractivity contribution in [1.29, 1.82) is 0 Å². The number of carbonyl (C=O) groups is 1. The average Bonchev–Trinajstić information content (AvgIpc) is 2.95. The normalized spacial score (nSPS) is 10.5. The molecule has 24 heavy (non-hydrogen) atoms. The lowest BCUT2D eigenvalue weighted by molar-refractivity contribution is -0.384. The zero-order valence-corrected chi connectivity index (χ0v) is 13.5. The Morgan fingerprint density at radius 3 is 2.88 bits per heavy atom.